The molecule has 0 bridgehead atoms. The molecule has 0 aliphatic carbocycles. The van der Waals surface area contributed by atoms with Gasteiger partial charge in [0, 0.05) is 6.54 Å². The summed E-state index contributed by atoms with van der Waals surface area (Å²) in [6.45, 7) is 9.33. The van der Waals surface area contributed by atoms with E-state index in [0.29, 0.717) is 18.9 Å². The van der Waals surface area contributed by atoms with E-state index >= 15 is 0 Å². The molecule has 0 aromatic heterocycles. The molecule has 1 aromatic carbocycles. The van der Waals surface area contributed by atoms with Crippen LogP contribution >= 0.6 is 0 Å². The molecule has 20 heavy (non-hydrogen) atoms. The van der Waals surface area contributed by atoms with Crippen LogP contribution in [0.2, 0.25) is 0 Å². The van der Waals surface area contributed by atoms with Gasteiger partial charge in [0.1, 0.15) is 0 Å². The Morgan fingerprint density at radius 1 is 1.25 bits per heavy atom. The first kappa shape index (κ1) is 16.7. The van der Waals surface area contributed by atoms with Crippen LogP contribution in [0.25, 0.3) is 0 Å². The van der Waals surface area contributed by atoms with Crippen molar-refractivity contribution in [2.75, 3.05) is 6.54 Å². The maximum Gasteiger partial charge on any atom is 0.236 e. The maximum absolute atomic E-state index is 12.0. The molecule has 1 rings (SSSR count). The summed E-state index contributed by atoms with van der Waals surface area (Å²) >= 11 is 0. The van der Waals surface area contributed by atoms with Gasteiger partial charge < -0.3 is 11.1 Å². The highest BCUT2D eigenvalue weighted by atomic mass is 16.2. The van der Waals surface area contributed by atoms with Crippen molar-refractivity contribution >= 4 is 5.91 Å². The number of carbonyl (C=O) groups is 1. The van der Waals surface area contributed by atoms with E-state index in [0.717, 1.165) is 6.42 Å². The molecule has 0 aliphatic heterocycles. The van der Waals surface area contributed by atoms with Crippen LogP contribution in [0.5, 0.6) is 0 Å². The minimum atomic E-state index is -0.432. The zero-order chi connectivity index (χ0) is 15.2. The molecule has 1 amide bonds. The summed E-state index contributed by atoms with van der Waals surface area (Å²) in [7, 11) is 0. The molecule has 112 valence electrons. The molecular weight excluding hydrogens is 248 g/mol. The Hall–Kier alpha value is -1.35. The Morgan fingerprint density at radius 3 is 2.40 bits per heavy atom. The molecule has 3 N–H and O–H groups in total. The van der Waals surface area contributed by atoms with Crippen LogP contribution in [-0.2, 0) is 11.2 Å². The molecule has 3 nitrogen and oxygen atoms in total. The first-order chi connectivity index (χ1) is 9.33. The average molecular weight is 276 g/mol. The molecule has 0 unspecified atom stereocenters. The van der Waals surface area contributed by atoms with E-state index in [-0.39, 0.29) is 11.3 Å². The summed E-state index contributed by atoms with van der Waals surface area (Å²) in [4.78, 5) is 12.0. The SMILES string of the molecule is CC(C)C(C)(C)CNC(=O)[C@@H](N)CCc1ccccc1. The number of nitrogens with two attached hydrogens (primary N) is 1. The van der Waals surface area contributed by atoms with Gasteiger partial charge in [-0.05, 0) is 29.7 Å². The summed E-state index contributed by atoms with van der Waals surface area (Å²) in [5, 5.41) is 2.98. The third kappa shape index (κ3) is 5.33. The van der Waals surface area contributed by atoms with Crippen molar-refractivity contribution in [2.45, 2.75) is 46.6 Å². The Labute approximate surface area is 122 Å². The van der Waals surface area contributed by atoms with Crippen molar-refractivity contribution in [3.8, 4) is 0 Å². The average Bonchev–Trinajstić information content (AvgIpc) is 2.43. The number of nitrogens with one attached hydrogen (secondary N) is 1. The van der Waals surface area contributed by atoms with E-state index in [2.05, 4.69) is 45.1 Å². The fourth-order valence-electron chi connectivity index (χ4n) is 1.75. The fraction of sp³-hybridized carbons (Fsp3) is 0.588. The lowest BCUT2D eigenvalue weighted by Gasteiger charge is -2.29. The van der Waals surface area contributed by atoms with Crippen LogP contribution in [0, 0.1) is 11.3 Å². The third-order valence-electron chi connectivity index (χ3n) is 4.20. The molecule has 1 atom stereocenters. The lowest BCUT2D eigenvalue weighted by molar-refractivity contribution is -0.123. The predicted molar refractivity (Wildman–Crippen MR) is 84.4 cm³/mol. The van der Waals surface area contributed by atoms with Crippen LogP contribution in [0.1, 0.15) is 39.7 Å². The highest BCUT2D eigenvalue weighted by Gasteiger charge is 2.24. The summed E-state index contributed by atoms with van der Waals surface area (Å²) in [5.41, 5.74) is 7.27. The molecule has 0 spiro atoms. The quantitative estimate of drug-likeness (QED) is 0.804. The van der Waals surface area contributed by atoms with Crippen molar-refractivity contribution in [3.63, 3.8) is 0 Å². The number of hydrogen-bond acceptors (Lipinski definition) is 2. The largest absolute Gasteiger partial charge is 0.354 e. The molecule has 0 saturated heterocycles. The summed E-state index contributed by atoms with van der Waals surface area (Å²) in [5.74, 6) is 0.470. The predicted octanol–water partition coefficient (Wildman–Crippen LogP) is 2.74. The molecule has 0 fully saturated rings. The summed E-state index contributed by atoms with van der Waals surface area (Å²) in [6.07, 6.45) is 1.51. The van der Waals surface area contributed by atoms with Gasteiger partial charge in [-0.25, -0.2) is 0 Å². The number of hydrogen-bond donors (Lipinski definition) is 2. The number of amides is 1. The van der Waals surface area contributed by atoms with Gasteiger partial charge >= 0.3 is 0 Å². The van der Waals surface area contributed by atoms with Gasteiger partial charge in [-0.3, -0.25) is 4.79 Å². The molecular formula is C17H28N2O. The zero-order valence-electron chi connectivity index (χ0n) is 13.1. The van der Waals surface area contributed by atoms with Crippen molar-refractivity contribution in [2.24, 2.45) is 17.1 Å². The molecule has 0 saturated carbocycles. The standard InChI is InChI=1S/C17H28N2O/c1-13(2)17(3,4)12-19-16(20)15(18)11-10-14-8-6-5-7-9-14/h5-9,13,15H,10-12,18H2,1-4H3,(H,19,20)/t15-/m0/s1. The zero-order valence-corrected chi connectivity index (χ0v) is 13.1. The van der Waals surface area contributed by atoms with Crippen LogP contribution < -0.4 is 11.1 Å². The van der Waals surface area contributed by atoms with Gasteiger partial charge in [-0.2, -0.15) is 0 Å². The Balaban J connectivity index is 2.36. The highest BCUT2D eigenvalue weighted by Crippen LogP contribution is 2.24. The third-order valence-corrected chi connectivity index (χ3v) is 4.20. The minimum Gasteiger partial charge on any atom is -0.354 e. The Morgan fingerprint density at radius 2 is 1.85 bits per heavy atom. The van der Waals surface area contributed by atoms with Gasteiger partial charge in [0.05, 0.1) is 6.04 Å². The van der Waals surface area contributed by atoms with E-state index in [1.165, 1.54) is 5.56 Å². The fourth-order valence-corrected chi connectivity index (χ4v) is 1.75. The highest BCUT2D eigenvalue weighted by molar-refractivity contribution is 5.81. The van der Waals surface area contributed by atoms with E-state index < -0.39 is 6.04 Å². The van der Waals surface area contributed by atoms with Crippen LogP contribution in [0.4, 0.5) is 0 Å². The number of carbonyl (C=O) groups excluding carboxylic acids is 1. The molecule has 3 heteroatoms. The van der Waals surface area contributed by atoms with Gasteiger partial charge in [0.25, 0.3) is 0 Å². The smallest absolute Gasteiger partial charge is 0.236 e. The lowest BCUT2D eigenvalue weighted by atomic mass is 9.81. The van der Waals surface area contributed by atoms with Crippen LogP contribution in [0.3, 0.4) is 0 Å². The van der Waals surface area contributed by atoms with Gasteiger partial charge in [-0.1, -0.05) is 58.0 Å². The van der Waals surface area contributed by atoms with Crippen LogP contribution in [0.15, 0.2) is 30.3 Å². The van der Waals surface area contributed by atoms with Crippen molar-refractivity contribution in [1.29, 1.82) is 0 Å². The van der Waals surface area contributed by atoms with Crippen molar-refractivity contribution in [1.82, 2.24) is 5.32 Å². The first-order valence-electron chi connectivity index (χ1n) is 7.40. The maximum atomic E-state index is 12.0. The number of aryl methyl sites for hydroxylation is 1. The summed E-state index contributed by atoms with van der Waals surface area (Å²) < 4.78 is 0. The minimum absolute atomic E-state index is 0.0466. The molecule has 0 radical (unpaired) electrons. The van der Waals surface area contributed by atoms with E-state index in [1.807, 2.05) is 18.2 Å². The van der Waals surface area contributed by atoms with E-state index in [1.54, 1.807) is 0 Å². The molecule has 0 heterocycles. The molecule has 0 aliphatic rings. The Kier molecular flexibility index (Phi) is 6.21. The van der Waals surface area contributed by atoms with Crippen molar-refractivity contribution < 1.29 is 4.79 Å². The van der Waals surface area contributed by atoms with Crippen LogP contribution in [-0.4, -0.2) is 18.5 Å². The first-order valence-corrected chi connectivity index (χ1v) is 7.40. The molecule has 1 aromatic rings. The van der Waals surface area contributed by atoms with E-state index in [9.17, 15) is 4.79 Å². The Bertz CT molecular complexity index is 412. The van der Waals surface area contributed by atoms with E-state index in [4.69, 9.17) is 5.73 Å². The van der Waals surface area contributed by atoms with Crippen molar-refractivity contribution in [3.05, 3.63) is 35.9 Å². The second-order valence-corrected chi connectivity index (χ2v) is 6.49. The van der Waals surface area contributed by atoms with Gasteiger partial charge in [0.15, 0.2) is 0 Å². The summed E-state index contributed by atoms with van der Waals surface area (Å²) in [6, 6.07) is 9.69. The second-order valence-electron chi connectivity index (χ2n) is 6.49. The number of rotatable bonds is 7. The lowest BCUT2D eigenvalue weighted by Crippen LogP contribution is -2.45. The second kappa shape index (κ2) is 7.44. The monoisotopic (exact) mass is 276 g/mol. The topological polar surface area (TPSA) is 55.1 Å². The van der Waals surface area contributed by atoms with Gasteiger partial charge in [0.2, 0.25) is 5.91 Å². The normalized spacial score (nSPS) is 13.3. The number of benzene rings is 1. The van der Waals surface area contributed by atoms with Gasteiger partial charge in [-0.15, -0.1) is 0 Å².